The zero-order chi connectivity index (χ0) is 30.1. The Hall–Kier alpha value is -3.27. The fourth-order valence-electron chi connectivity index (χ4n) is 5.14. The molecule has 2 aliphatic carbocycles. The smallest absolute Gasteiger partial charge is 0.202 e. The first-order chi connectivity index (χ1) is 19.1. The SMILES string of the molecule is CC.CNC.COc1cccc2c1C(=O)c1c(O)c3c(c(O)c1C2=O)CC(C(C)=O)CC3.C[C@H]1CCCC(O)O1. The molecule has 0 bridgehead atoms. The van der Waals surface area contributed by atoms with E-state index >= 15 is 0 Å². The number of nitrogens with one attached hydrogen (secondary N) is 1. The Balaban J connectivity index is 0.000000361. The third-order valence-corrected chi connectivity index (χ3v) is 7.05. The van der Waals surface area contributed by atoms with Crippen LogP contribution in [0.5, 0.6) is 17.2 Å². The van der Waals surface area contributed by atoms with E-state index in [0.717, 1.165) is 19.3 Å². The van der Waals surface area contributed by atoms with Crippen molar-refractivity contribution in [2.45, 2.75) is 78.6 Å². The number of aliphatic hydroxyl groups is 1. The Morgan fingerprint density at radius 1 is 0.975 bits per heavy atom. The Labute approximate surface area is 236 Å². The Bertz CT molecular complexity index is 1210. The number of benzene rings is 2. The number of fused-ring (bicyclic) bond motifs is 3. The lowest BCUT2D eigenvalue weighted by atomic mass is 9.75. The highest BCUT2D eigenvalue weighted by molar-refractivity contribution is 6.31. The molecular formula is C31H43NO8. The number of phenolic OH excluding ortho intramolecular Hbond substituents is 2. The minimum Gasteiger partial charge on any atom is -0.507 e. The molecule has 1 aliphatic heterocycles. The van der Waals surface area contributed by atoms with Crippen molar-refractivity contribution in [2.24, 2.45) is 5.92 Å². The monoisotopic (exact) mass is 557 g/mol. The normalized spacial score (nSPS) is 20.6. The van der Waals surface area contributed by atoms with Gasteiger partial charge in [0.1, 0.15) is 23.0 Å². The molecule has 2 aromatic rings. The van der Waals surface area contributed by atoms with Crippen molar-refractivity contribution in [3.63, 3.8) is 0 Å². The summed E-state index contributed by atoms with van der Waals surface area (Å²) in [5.41, 5.74) is 0.647. The van der Waals surface area contributed by atoms with Crippen LogP contribution in [-0.2, 0) is 22.4 Å². The van der Waals surface area contributed by atoms with Gasteiger partial charge in [-0.25, -0.2) is 0 Å². The van der Waals surface area contributed by atoms with Gasteiger partial charge >= 0.3 is 0 Å². The molecule has 2 unspecified atom stereocenters. The summed E-state index contributed by atoms with van der Waals surface area (Å²) in [6, 6.07) is 4.66. The van der Waals surface area contributed by atoms with Gasteiger partial charge in [-0.15, -0.1) is 0 Å². The molecule has 5 rings (SSSR count). The third-order valence-electron chi connectivity index (χ3n) is 7.05. The van der Waals surface area contributed by atoms with Crippen molar-refractivity contribution in [1.82, 2.24) is 5.32 Å². The summed E-state index contributed by atoms with van der Waals surface area (Å²) >= 11 is 0. The van der Waals surface area contributed by atoms with Gasteiger partial charge in [0.15, 0.2) is 12.1 Å². The molecule has 0 amide bonds. The van der Waals surface area contributed by atoms with E-state index in [1.54, 1.807) is 12.1 Å². The number of rotatable bonds is 2. The zero-order valence-electron chi connectivity index (χ0n) is 24.6. The van der Waals surface area contributed by atoms with Crippen molar-refractivity contribution in [3.05, 3.63) is 51.6 Å². The van der Waals surface area contributed by atoms with Crippen LogP contribution in [-0.4, -0.2) is 66.3 Å². The van der Waals surface area contributed by atoms with E-state index in [-0.39, 0.29) is 63.7 Å². The van der Waals surface area contributed by atoms with E-state index in [1.165, 1.54) is 20.1 Å². The molecule has 220 valence electrons. The fourth-order valence-corrected chi connectivity index (χ4v) is 5.14. The molecule has 40 heavy (non-hydrogen) atoms. The third kappa shape index (κ3) is 6.89. The van der Waals surface area contributed by atoms with E-state index in [1.807, 2.05) is 34.9 Å². The molecule has 0 aromatic heterocycles. The second-order valence-corrected chi connectivity index (χ2v) is 9.83. The Morgan fingerprint density at radius 3 is 2.10 bits per heavy atom. The van der Waals surface area contributed by atoms with E-state index in [0.29, 0.717) is 24.0 Å². The van der Waals surface area contributed by atoms with Crippen LogP contribution in [0.25, 0.3) is 0 Å². The lowest BCUT2D eigenvalue weighted by Crippen LogP contribution is -2.26. The predicted molar refractivity (Wildman–Crippen MR) is 153 cm³/mol. The van der Waals surface area contributed by atoms with Crippen LogP contribution in [0.3, 0.4) is 0 Å². The molecular weight excluding hydrogens is 514 g/mol. The molecule has 1 saturated heterocycles. The first-order valence-electron chi connectivity index (χ1n) is 13.9. The second-order valence-electron chi connectivity index (χ2n) is 9.83. The van der Waals surface area contributed by atoms with Crippen LogP contribution in [0.4, 0.5) is 0 Å². The van der Waals surface area contributed by atoms with E-state index < -0.39 is 17.9 Å². The Morgan fingerprint density at radius 2 is 1.57 bits per heavy atom. The quantitative estimate of drug-likeness (QED) is 0.339. The van der Waals surface area contributed by atoms with Crippen molar-refractivity contribution < 1.29 is 39.2 Å². The second kappa shape index (κ2) is 14.9. The number of carbonyl (C=O) groups excluding carboxylic acids is 3. The largest absolute Gasteiger partial charge is 0.507 e. The highest BCUT2D eigenvalue weighted by atomic mass is 16.6. The molecule has 1 heterocycles. The van der Waals surface area contributed by atoms with Gasteiger partial charge < -0.3 is 30.1 Å². The fraction of sp³-hybridized carbons (Fsp3) is 0.516. The summed E-state index contributed by atoms with van der Waals surface area (Å²) in [5.74, 6) is -1.73. The lowest BCUT2D eigenvalue weighted by Gasteiger charge is -2.29. The number of ether oxygens (including phenoxy) is 2. The lowest BCUT2D eigenvalue weighted by molar-refractivity contribution is -0.156. The molecule has 0 spiro atoms. The predicted octanol–water partition coefficient (Wildman–Crippen LogP) is 4.33. The van der Waals surface area contributed by atoms with Crippen molar-refractivity contribution in [2.75, 3.05) is 21.2 Å². The molecule has 0 saturated carbocycles. The van der Waals surface area contributed by atoms with Crippen molar-refractivity contribution >= 4 is 17.3 Å². The maximum Gasteiger partial charge on any atom is 0.202 e. The van der Waals surface area contributed by atoms with E-state index in [2.05, 4.69) is 5.32 Å². The average Bonchev–Trinajstić information content (AvgIpc) is 2.94. The number of Topliss-reactive ketones (excluding diaryl/α,β-unsaturated/α-hetero) is 1. The number of hydrogen-bond acceptors (Lipinski definition) is 9. The van der Waals surface area contributed by atoms with Crippen LogP contribution < -0.4 is 10.1 Å². The van der Waals surface area contributed by atoms with E-state index in [9.17, 15) is 24.6 Å². The van der Waals surface area contributed by atoms with Crippen LogP contribution in [0.1, 0.15) is 96.3 Å². The average molecular weight is 558 g/mol. The Kier molecular flexibility index (Phi) is 12.3. The van der Waals surface area contributed by atoms with Crippen molar-refractivity contribution in [3.8, 4) is 17.2 Å². The summed E-state index contributed by atoms with van der Waals surface area (Å²) in [6.45, 7) is 7.48. The van der Waals surface area contributed by atoms with Gasteiger partial charge in [0.05, 0.1) is 29.9 Å². The number of carbonyl (C=O) groups is 3. The zero-order valence-corrected chi connectivity index (χ0v) is 24.6. The van der Waals surface area contributed by atoms with E-state index in [4.69, 9.17) is 14.6 Å². The summed E-state index contributed by atoms with van der Waals surface area (Å²) in [6.07, 6.45) is 3.90. The summed E-state index contributed by atoms with van der Waals surface area (Å²) in [7, 11) is 5.15. The number of ketones is 3. The van der Waals surface area contributed by atoms with Gasteiger partial charge in [-0.05, 0) is 72.5 Å². The number of aliphatic hydroxyl groups excluding tert-OH is 1. The van der Waals surface area contributed by atoms with Crippen LogP contribution in [0, 0.1) is 5.92 Å². The minimum absolute atomic E-state index is 0.00487. The summed E-state index contributed by atoms with van der Waals surface area (Å²) < 4.78 is 10.3. The van der Waals surface area contributed by atoms with Gasteiger partial charge in [0.2, 0.25) is 5.78 Å². The number of hydrogen-bond donors (Lipinski definition) is 4. The number of aromatic hydroxyl groups is 2. The molecule has 3 aliphatic rings. The van der Waals surface area contributed by atoms with Gasteiger partial charge in [-0.1, -0.05) is 26.0 Å². The molecule has 2 aromatic carbocycles. The van der Waals surface area contributed by atoms with Gasteiger partial charge in [-0.2, -0.15) is 0 Å². The maximum absolute atomic E-state index is 13.1. The highest BCUT2D eigenvalue weighted by Crippen LogP contribution is 2.47. The standard InChI is InChI=1S/C21H18O6.C6H12O2.C2H7N.C2H6/c1-9(22)10-6-7-11-13(8-10)20(25)16-17(18(11)23)21(26)15-12(19(16)24)4-3-5-14(15)27-2;1-5-3-2-4-6(7)8-5;1-3-2;1-2/h3-5,10,23,25H,6-8H2,1-2H3;5-7H,2-4H2,1H3;3H,1-2H3;1-2H3/t;5-,6?;;/m.0../s1. The topological polar surface area (TPSA) is 142 Å². The minimum atomic E-state index is -0.554. The first-order valence-corrected chi connectivity index (χ1v) is 13.9. The van der Waals surface area contributed by atoms with Crippen LogP contribution in [0.2, 0.25) is 0 Å². The van der Waals surface area contributed by atoms with Gasteiger partial charge in [-0.3, -0.25) is 14.4 Å². The molecule has 9 nitrogen and oxygen atoms in total. The molecule has 1 fully saturated rings. The summed E-state index contributed by atoms with van der Waals surface area (Å²) in [5, 5.41) is 33.2. The van der Waals surface area contributed by atoms with Crippen LogP contribution >= 0.6 is 0 Å². The maximum atomic E-state index is 13.1. The number of methoxy groups -OCH3 is 1. The molecule has 3 atom stereocenters. The summed E-state index contributed by atoms with van der Waals surface area (Å²) in [4.78, 5) is 37.9. The molecule has 4 N–H and O–H groups in total. The van der Waals surface area contributed by atoms with Gasteiger partial charge in [0, 0.05) is 22.6 Å². The molecule has 9 heteroatoms. The number of phenols is 2. The highest BCUT2D eigenvalue weighted by Gasteiger charge is 2.40. The van der Waals surface area contributed by atoms with Crippen LogP contribution in [0.15, 0.2) is 18.2 Å². The van der Waals surface area contributed by atoms with Crippen molar-refractivity contribution in [1.29, 1.82) is 0 Å². The van der Waals surface area contributed by atoms with Gasteiger partial charge in [0.25, 0.3) is 0 Å². The first kappa shape index (κ1) is 32.9. The molecule has 0 radical (unpaired) electrons.